The molecule has 4 aliphatic rings. The van der Waals surface area contributed by atoms with E-state index in [0.29, 0.717) is 78.0 Å². The predicted molar refractivity (Wildman–Crippen MR) is 164 cm³/mol. The van der Waals surface area contributed by atoms with Crippen LogP contribution in [-0.4, -0.2) is 82.7 Å². The van der Waals surface area contributed by atoms with Crippen molar-refractivity contribution in [3.63, 3.8) is 0 Å². The summed E-state index contributed by atoms with van der Waals surface area (Å²) in [7, 11) is -0.718. The van der Waals surface area contributed by atoms with Gasteiger partial charge in [0, 0.05) is 36.7 Å². The van der Waals surface area contributed by atoms with Crippen molar-refractivity contribution in [1.29, 1.82) is 0 Å². The van der Waals surface area contributed by atoms with Crippen molar-refractivity contribution in [3.8, 4) is 11.8 Å². The topological polar surface area (TPSA) is 108 Å². The summed E-state index contributed by atoms with van der Waals surface area (Å²) in [5.74, 6) is 1.55. The molecule has 228 valence electrons. The Morgan fingerprint density at radius 1 is 1.19 bits per heavy atom. The number of rotatable bonds is 6. The lowest BCUT2D eigenvalue weighted by Gasteiger charge is -2.32. The number of nitrogen functional groups attached to an aromatic ring is 1. The van der Waals surface area contributed by atoms with Crippen LogP contribution < -0.4 is 25.6 Å². The standard InChI is InChI=1S/C30H37BClFN6O4/c1-28(2)29(3,4)43-31(42-28)20-13-21-22-24(23(20)32)40-12-11-38(15-18-7-5-9-35-25(18)34)26(22)37-27(36-21)41-17-30-8-6-10-39(30)16-19(33)14-30/h5,7,9,13,19H,6,8,10-12,14-17H2,1-4H3,(H2,34,35)/t19-,30+/m1/s1. The van der Waals surface area contributed by atoms with Gasteiger partial charge in [0.1, 0.15) is 31.0 Å². The van der Waals surface area contributed by atoms with Gasteiger partial charge in [0.2, 0.25) is 0 Å². The largest absolute Gasteiger partial charge is 0.496 e. The molecule has 0 amide bonds. The smallest absolute Gasteiger partial charge is 0.489 e. The first-order chi connectivity index (χ1) is 20.5. The van der Waals surface area contributed by atoms with Gasteiger partial charge in [0.25, 0.3) is 0 Å². The molecule has 3 saturated heterocycles. The fourth-order valence-electron chi connectivity index (χ4n) is 6.74. The van der Waals surface area contributed by atoms with Gasteiger partial charge < -0.3 is 29.4 Å². The van der Waals surface area contributed by atoms with Crippen molar-refractivity contribution in [2.45, 2.75) is 76.4 Å². The van der Waals surface area contributed by atoms with Gasteiger partial charge in [-0.15, -0.1) is 0 Å². The van der Waals surface area contributed by atoms with Crippen LogP contribution in [0.25, 0.3) is 10.9 Å². The van der Waals surface area contributed by atoms with Gasteiger partial charge in [-0.05, 0) is 59.2 Å². The Morgan fingerprint density at radius 2 is 1.98 bits per heavy atom. The van der Waals surface area contributed by atoms with E-state index in [1.165, 1.54) is 0 Å². The summed E-state index contributed by atoms with van der Waals surface area (Å²) in [4.78, 5) is 18.3. The number of pyridine rings is 1. The zero-order chi connectivity index (χ0) is 30.1. The van der Waals surface area contributed by atoms with Crippen LogP contribution in [0.1, 0.15) is 52.5 Å². The van der Waals surface area contributed by atoms with E-state index in [9.17, 15) is 4.39 Å². The molecule has 7 rings (SSSR count). The van der Waals surface area contributed by atoms with Gasteiger partial charge in [-0.25, -0.2) is 9.37 Å². The molecule has 3 aromatic rings. The minimum Gasteiger partial charge on any atom is -0.489 e. The fourth-order valence-corrected chi connectivity index (χ4v) is 7.04. The lowest BCUT2D eigenvalue weighted by atomic mass is 9.78. The lowest BCUT2D eigenvalue weighted by molar-refractivity contribution is 0.00578. The summed E-state index contributed by atoms with van der Waals surface area (Å²) in [5.41, 5.74) is 6.85. The third-order valence-corrected chi connectivity index (χ3v) is 10.2. The molecule has 6 heterocycles. The number of halogens is 2. The SMILES string of the molecule is CC1(C)OB(c2cc3nc(OC[C@@]45CCCN4C[C@H](F)C5)nc4c3c(c2Cl)OCCN4Cc2cccnc2N)OC1(C)C. The van der Waals surface area contributed by atoms with Crippen molar-refractivity contribution >= 4 is 46.7 Å². The van der Waals surface area contributed by atoms with E-state index < -0.39 is 24.5 Å². The second-order valence-corrected chi connectivity index (χ2v) is 13.5. The van der Waals surface area contributed by atoms with E-state index >= 15 is 0 Å². The Morgan fingerprint density at radius 3 is 2.74 bits per heavy atom. The third kappa shape index (κ3) is 4.86. The summed E-state index contributed by atoms with van der Waals surface area (Å²) >= 11 is 7.07. The number of hydrogen-bond donors (Lipinski definition) is 1. The van der Waals surface area contributed by atoms with Crippen LogP contribution in [0, 0.1) is 0 Å². The predicted octanol–water partition coefficient (Wildman–Crippen LogP) is 3.91. The quantitative estimate of drug-likeness (QED) is 0.413. The number of fused-ring (bicyclic) bond motifs is 1. The molecule has 0 spiro atoms. The first-order valence-electron chi connectivity index (χ1n) is 15.0. The molecule has 0 unspecified atom stereocenters. The lowest BCUT2D eigenvalue weighted by Crippen LogP contribution is -2.43. The molecule has 0 saturated carbocycles. The van der Waals surface area contributed by atoms with Crippen molar-refractivity contribution < 1.29 is 23.2 Å². The van der Waals surface area contributed by atoms with Crippen molar-refractivity contribution in [1.82, 2.24) is 19.9 Å². The van der Waals surface area contributed by atoms with E-state index in [4.69, 9.17) is 46.1 Å². The van der Waals surface area contributed by atoms with Crippen LogP contribution in [0.2, 0.25) is 5.02 Å². The van der Waals surface area contributed by atoms with Crippen LogP contribution in [0.3, 0.4) is 0 Å². The highest BCUT2D eigenvalue weighted by molar-refractivity contribution is 6.66. The number of alkyl halides is 1. The van der Waals surface area contributed by atoms with Crippen LogP contribution in [0.15, 0.2) is 24.4 Å². The summed E-state index contributed by atoms with van der Waals surface area (Å²) < 4.78 is 39.9. The maximum absolute atomic E-state index is 14.5. The molecule has 13 heteroatoms. The maximum atomic E-state index is 14.5. The summed E-state index contributed by atoms with van der Waals surface area (Å²) in [6.45, 7) is 11.0. The number of aromatic nitrogens is 3. The number of nitrogens with two attached hydrogens (primary N) is 1. The number of nitrogens with zero attached hydrogens (tertiary/aromatic N) is 5. The van der Waals surface area contributed by atoms with E-state index in [-0.39, 0.29) is 11.5 Å². The highest BCUT2D eigenvalue weighted by atomic mass is 35.5. The van der Waals surface area contributed by atoms with Gasteiger partial charge in [-0.1, -0.05) is 17.7 Å². The molecule has 4 aliphatic heterocycles. The molecule has 2 atom stereocenters. The van der Waals surface area contributed by atoms with E-state index in [2.05, 4.69) is 14.8 Å². The molecular formula is C30H37BClFN6O4. The van der Waals surface area contributed by atoms with E-state index in [0.717, 1.165) is 24.9 Å². The van der Waals surface area contributed by atoms with Crippen LogP contribution in [0.4, 0.5) is 16.0 Å². The van der Waals surface area contributed by atoms with Crippen molar-refractivity contribution in [2.24, 2.45) is 0 Å². The zero-order valence-corrected chi connectivity index (χ0v) is 25.8. The Bertz CT molecular complexity index is 1560. The molecule has 2 aromatic heterocycles. The molecule has 10 nitrogen and oxygen atoms in total. The molecule has 0 aliphatic carbocycles. The van der Waals surface area contributed by atoms with Crippen LogP contribution in [-0.2, 0) is 15.9 Å². The van der Waals surface area contributed by atoms with Crippen LogP contribution >= 0.6 is 11.6 Å². The molecule has 2 N–H and O–H groups in total. The number of ether oxygens (including phenoxy) is 2. The average Bonchev–Trinajstić information content (AvgIpc) is 3.49. The Balaban J connectivity index is 1.32. The highest BCUT2D eigenvalue weighted by Crippen LogP contribution is 2.44. The van der Waals surface area contributed by atoms with Gasteiger partial charge in [0.15, 0.2) is 5.75 Å². The Labute approximate surface area is 256 Å². The van der Waals surface area contributed by atoms with Gasteiger partial charge >= 0.3 is 13.1 Å². The second-order valence-electron chi connectivity index (χ2n) is 13.1. The average molecular weight is 611 g/mol. The van der Waals surface area contributed by atoms with Gasteiger partial charge in [-0.3, -0.25) is 4.90 Å². The van der Waals surface area contributed by atoms with Gasteiger partial charge in [-0.2, -0.15) is 9.97 Å². The molecule has 43 heavy (non-hydrogen) atoms. The number of benzene rings is 1. The van der Waals surface area contributed by atoms with E-state index in [1.807, 2.05) is 45.9 Å². The van der Waals surface area contributed by atoms with E-state index in [1.54, 1.807) is 6.20 Å². The molecule has 1 aromatic carbocycles. The zero-order valence-electron chi connectivity index (χ0n) is 25.0. The summed E-state index contributed by atoms with van der Waals surface area (Å²) in [6.07, 6.45) is 3.19. The third-order valence-electron chi connectivity index (χ3n) is 9.80. The molecule has 3 fully saturated rings. The van der Waals surface area contributed by atoms with Gasteiger partial charge in [0.05, 0.1) is 39.2 Å². The minimum atomic E-state index is -0.851. The second kappa shape index (κ2) is 10.3. The minimum absolute atomic E-state index is 0.213. The number of anilines is 2. The monoisotopic (exact) mass is 610 g/mol. The normalized spacial score (nSPS) is 26.0. The van der Waals surface area contributed by atoms with Crippen molar-refractivity contribution in [2.75, 3.05) is 43.5 Å². The first-order valence-corrected chi connectivity index (χ1v) is 15.3. The maximum Gasteiger partial charge on any atom is 0.496 e. The fraction of sp³-hybridized carbons (Fsp3) is 0.567. The highest BCUT2D eigenvalue weighted by Gasteiger charge is 2.53. The molecule has 0 radical (unpaired) electrons. The summed E-state index contributed by atoms with van der Waals surface area (Å²) in [5, 5.41) is 1.07. The van der Waals surface area contributed by atoms with Crippen LogP contribution in [0.5, 0.6) is 11.8 Å². The molecule has 0 bridgehead atoms. The Hall–Kier alpha value is -2.93. The van der Waals surface area contributed by atoms with Crippen molar-refractivity contribution in [3.05, 3.63) is 35.0 Å². The first kappa shape index (κ1) is 28.8. The number of hydrogen-bond acceptors (Lipinski definition) is 10. The Kier molecular flexibility index (Phi) is 6.92. The molecular weight excluding hydrogens is 574 g/mol. The summed E-state index contributed by atoms with van der Waals surface area (Å²) in [6, 6.07) is 5.89.